The Labute approximate surface area is 145 Å². The van der Waals surface area contributed by atoms with Crippen LogP contribution < -0.4 is 10.1 Å². The third-order valence-corrected chi connectivity index (χ3v) is 4.26. The van der Waals surface area contributed by atoms with E-state index < -0.39 is 0 Å². The van der Waals surface area contributed by atoms with Gasteiger partial charge in [0.15, 0.2) is 0 Å². The Kier molecular flexibility index (Phi) is 6.33. The Balaban J connectivity index is 2.44. The van der Waals surface area contributed by atoms with Crippen LogP contribution in [-0.2, 0) is 0 Å². The normalized spacial score (nSPS) is 12.2. The standard InChI is InChI=1S/C17H19ClINO/c1-3-10-20-17(12-4-7-14(19)8-5-12)15-11-13(18)6-9-16(15)21-2/h4-9,11,17,20H,3,10H2,1-2H3. The van der Waals surface area contributed by atoms with Crippen molar-refractivity contribution >= 4 is 34.2 Å². The minimum absolute atomic E-state index is 0.0793. The minimum atomic E-state index is 0.0793. The van der Waals surface area contributed by atoms with Crippen LogP contribution in [0.2, 0.25) is 5.02 Å². The summed E-state index contributed by atoms with van der Waals surface area (Å²) in [5.41, 5.74) is 2.28. The van der Waals surface area contributed by atoms with Crippen molar-refractivity contribution in [3.05, 3.63) is 62.2 Å². The first-order chi connectivity index (χ1) is 10.2. The molecule has 0 saturated carbocycles. The van der Waals surface area contributed by atoms with Gasteiger partial charge in [0.25, 0.3) is 0 Å². The Bertz CT molecular complexity index is 586. The van der Waals surface area contributed by atoms with E-state index in [4.69, 9.17) is 16.3 Å². The molecule has 2 nitrogen and oxygen atoms in total. The van der Waals surface area contributed by atoms with Crippen molar-refractivity contribution < 1.29 is 4.74 Å². The number of benzene rings is 2. The summed E-state index contributed by atoms with van der Waals surface area (Å²) in [6.07, 6.45) is 1.07. The highest BCUT2D eigenvalue weighted by Crippen LogP contribution is 2.32. The molecular weight excluding hydrogens is 397 g/mol. The van der Waals surface area contributed by atoms with Gasteiger partial charge < -0.3 is 10.1 Å². The van der Waals surface area contributed by atoms with E-state index in [2.05, 4.69) is 59.1 Å². The third kappa shape index (κ3) is 4.34. The molecule has 2 rings (SSSR count). The maximum absolute atomic E-state index is 6.18. The Morgan fingerprint density at radius 1 is 1.19 bits per heavy atom. The second-order valence-corrected chi connectivity index (χ2v) is 6.51. The van der Waals surface area contributed by atoms with Gasteiger partial charge in [-0.1, -0.05) is 30.7 Å². The highest BCUT2D eigenvalue weighted by Gasteiger charge is 2.18. The minimum Gasteiger partial charge on any atom is -0.496 e. The van der Waals surface area contributed by atoms with Gasteiger partial charge in [-0.25, -0.2) is 0 Å². The highest BCUT2D eigenvalue weighted by atomic mass is 127. The van der Waals surface area contributed by atoms with E-state index in [0.29, 0.717) is 0 Å². The molecule has 1 unspecified atom stereocenters. The molecule has 2 aromatic rings. The molecule has 0 aliphatic carbocycles. The van der Waals surface area contributed by atoms with Gasteiger partial charge in [-0.05, 0) is 71.5 Å². The molecule has 0 heterocycles. The van der Waals surface area contributed by atoms with E-state index >= 15 is 0 Å². The lowest BCUT2D eigenvalue weighted by atomic mass is 9.97. The predicted octanol–water partition coefficient (Wildman–Crippen LogP) is 5.04. The smallest absolute Gasteiger partial charge is 0.124 e. The molecule has 21 heavy (non-hydrogen) atoms. The molecule has 1 N–H and O–H groups in total. The number of rotatable bonds is 6. The number of hydrogen-bond acceptors (Lipinski definition) is 2. The SMILES string of the molecule is CCCNC(c1ccc(I)cc1)c1cc(Cl)ccc1OC. The maximum Gasteiger partial charge on any atom is 0.124 e. The van der Waals surface area contributed by atoms with Crippen LogP contribution in [0.25, 0.3) is 0 Å². The summed E-state index contributed by atoms with van der Waals surface area (Å²) in [5.74, 6) is 0.853. The molecule has 0 aliphatic heterocycles. The first-order valence-electron chi connectivity index (χ1n) is 6.98. The van der Waals surface area contributed by atoms with Gasteiger partial charge in [0.2, 0.25) is 0 Å². The Morgan fingerprint density at radius 2 is 1.90 bits per heavy atom. The summed E-state index contributed by atoms with van der Waals surface area (Å²) in [4.78, 5) is 0. The molecule has 1 atom stereocenters. The molecule has 0 amide bonds. The van der Waals surface area contributed by atoms with Crippen molar-refractivity contribution in [1.82, 2.24) is 5.32 Å². The fraction of sp³-hybridized carbons (Fsp3) is 0.294. The molecule has 0 spiro atoms. The Hall–Kier alpha value is -0.780. The van der Waals surface area contributed by atoms with Gasteiger partial charge in [0.1, 0.15) is 5.75 Å². The second-order valence-electron chi connectivity index (χ2n) is 4.82. The van der Waals surface area contributed by atoms with E-state index in [1.54, 1.807) is 7.11 Å². The van der Waals surface area contributed by atoms with Crippen molar-refractivity contribution in [3.8, 4) is 5.75 Å². The molecule has 4 heteroatoms. The average molecular weight is 416 g/mol. The number of ether oxygens (including phenoxy) is 1. The zero-order chi connectivity index (χ0) is 15.2. The second kappa shape index (κ2) is 8.01. The first kappa shape index (κ1) is 16.6. The van der Waals surface area contributed by atoms with Crippen LogP contribution >= 0.6 is 34.2 Å². The summed E-state index contributed by atoms with van der Waals surface area (Å²) in [6, 6.07) is 14.4. The predicted molar refractivity (Wildman–Crippen MR) is 97.3 cm³/mol. The van der Waals surface area contributed by atoms with Gasteiger partial charge in [0.05, 0.1) is 13.2 Å². The fourth-order valence-corrected chi connectivity index (χ4v) is 2.82. The Morgan fingerprint density at radius 3 is 2.52 bits per heavy atom. The van der Waals surface area contributed by atoms with Crippen molar-refractivity contribution in [2.75, 3.05) is 13.7 Å². The monoisotopic (exact) mass is 415 g/mol. The zero-order valence-electron chi connectivity index (χ0n) is 12.2. The molecule has 0 bridgehead atoms. The topological polar surface area (TPSA) is 21.3 Å². The summed E-state index contributed by atoms with van der Waals surface area (Å²) < 4.78 is 6.73. The van der Waals surface area contributed by atoms with Crippen LogP contribution in [0.1, 0.15) is 30.5 Å². The average Bonchev–Trinajstić information content (AvgIpc) is 2.49. The molecular formula is C17H19ClINO. The van der Waals surface area contributed by atoms with E-state index in [1.165, 1.54) is 9.13 Å². The zero-order valence-corrected chi connectivity index (χ0v) is 15.1. The summed E-state index contributed by atoms with van der Waals surface area (Å²) in [7, 11) is 1.69. The van der Waals surface area contributed by atoms with E-state index in [9.17, 15) is 0 Å². The van der Waals surface area contributed by atoms with Gasteiger partial charge in [-0.3, -0.25) is 0 Å². The van der Waals surface area contributed by atoms with Gasteiger partial charge in [-0.2, -0.15) is 0 Å². The number of nitrogens with one attached hydrogen (secondary N) is 1. The lowest BCUT2D eigenvalue weighted by Gasteiger charge is -2.22. The molecule has 0 aliphatic rings. The quantitative estimate of drug-likeness (QED) is 0.667. The van der Waals surface area contributed by atoms with Crippen LogP contribution in [0, 0.1) is 3.57 Å². The van der Waals surface area contributed by atoms with Crippen LogP contribution in [0.15, 0.2) is 42.5 Å². The molecule has 2 aromatic carbocycles. The third-order valence-electron chi connectivity index (χ3n) is 3.30. The number of hydrogen-bond donors (Lipinski definition) is 1. The van der Waals surface area contributed by atoms with Crippen molar-refractivity contribution in [3.63, 3.8) is 0 Å². The van der Waals surface area contributed by atoms with Crippen LogP contribution in [0.3, 0.4) is 0 Å². The van der Waals surface area contributed by atoms with Crippen molar-refractivity contribution in [1.29, 1.82) is 0 Å². The first-order valence-corrected chi connectivity index (χ1v) is 8.43. The molecule has 0 saturated heterocycles. The van der Waals surface area contributed by atoms with E-state index in [1.807, 2.05) is 18.2 Å². The van der Waals surface area contributed by atoms with Crippen LogP contribution in [0.5, 0.6) is 5.75 Å². The summed E-state index contributed by atoms with van der Waals surface area (Å²) in [5, 5.41) is 4.30. The van der Waals surface area contributed by atoms with Gasteiger partial charge >= 0.3 is 0 Å². The van der Waals surface area contributed by atoms with E-state index in [-0.39, 0.29) is 6.04 Å². The van der Waals surface area contributed by atoms with Crippen LogP contribution in [-0.4, -0.2) is 13.7 Å². The lowest BCUT2D eigenvalue weighted by Crippen LogP contribution is -2.23. The lowest BCUT2D eigenvalue weighted by molar-refractivity contribution is 0.404. The number of halogens is 2. The fourth-order valence-electron chi connectivity index (χ4n) is 2.28. The van der Waals surface area contributed by atoms with Gasteiger partial charge in [0, 0.05) is 14.2 Å². The molecule has 112 valence electrons. The summed E-state index contributed by atoms with van der Waals surface area (Å²) >= 11 is 8.50. The van der Waals surface area contributed by atoms with Crippen LogP contribution in [0.4, 0.5) is 0 Å². The summed E-state index contributed by atoms with van der Waals surface area (Å²) in [6.45, 7) is 3.10. The largest absolute Gasteiger partial charge is 0.496 e. The molecule has 0 fully saturated rings. The molecule has 0 radical (unpaired) electrons. The van der Waals surface area contributed by atoms with Crippen molar-refractivity contribution in [2.24, 2.45) is 0 Å². The van der Waals surface area contributed by atoms with Gasteiger partial charge in [-0.15, -0.1) is 0 Å². The van der Waals surface area contributed by atoms with Crippen molar-refractivity contribution in [2.45, 2.75) is 19.4 Å². The maximum atomic E-state index is 6.18. The molecule has 0 aromatic heterocycles. The number of methoxy groups -OCH3 is 1. The highest BCUT2D eigenvalue weighted by molar-refractivity contribution is 14.1. The van der Waals surface area contributed by atoms with E-state index in [0.717, 1.165) is 29.3 Å².